The summed E-state index contributed by atoms with van der Waals surface area (Å²) < 4.78 is 5.99. The molecule has 0 spiro atoms. The minimum Gasteiger partial charge on any atom is -0.483 e. The molecule has 0 aliphatic carbocycles. The van der Waals surface area contributed by atoms with Crippen LogP contribution in [0.4, 0.5) is 0 Å². The third-order valence-corrected chi connectivity index (χ3v) is 6.51. The van der Waals surface area contributed by atoms with Crippen LogP contribution in [0, 0.1) is 0 Å². The van der Waals surface area contributed by atoms with Crippen LogP contribution in [0.5, 0.6) is 5.75 Å². The first kappa shape index (κ1) is 28.0. The molecule has 2 atom stereocenters. The van der Waals surface area contributed by atoms with Crippen LogP contribution in [-0.2, 0) is 21.5 Å². The van der Waals surface area contributed by atoms with Gasteiger partial charge in [-0.05, 0) is 54.5 Å². The second-order valence-corrected chi connectivity index (χ2v) is 10.4. The van der Waals surface area contributed by atoms with Crippen molar-refractivity contribution in [3.05, 3.63) is 63.6 Å². The van der Waals surface area contributed by atoms with Gasteiger partial charge in [-0.3, -0.25) is 9.59 Å². The van der Waals surface area contributed by atoms with Gasteiger partial charge in [-0.15, -0.1) is 0 Å². The fourth-order valence-electron chi connectivity index (χ4n) is 3.63. The molecule has 0 fully saturated rings. The van der Waals surface area contributed by atoms with E-state index in [0.29, 0.717) is 22.2 Å². The maximum absolute atomic E-state index is 13.5. The Morgan fingerprint density at radius 3 is 2.29 bits per heavy atom. The molecule has 2 aromatic rings. The van der Waals surface area contributed by atoms with Gasteiger partial charge in [-0.25, -0.2) is 0 Å². The predicted octanol–water partition coefficient (Wildman–Crippen LogP) is 6.39. The lowest BCUT2D eigenvalue weighted by Gasteiger charge is -2.31. The van der Waals surface area contributed by atoms with Crippen LogP contribution >= 0.6 is 23.2 Å². The van der Waals surface area contributed by atoms with E-state index in [2.05, 4.69) is 26.1 Å². The number of hydrogen-bond acceptors (Lipinski definition) is 3. The smallest absolute Gasteiger partial charge is 0.261 e. The van der Waals surface area contributed by atoms with Crippen molar-refractivity contribution in [3.63, 3.8) is 0 Å². The van der Waals surface area contributed by atoms with Gasteiger partial charge in [-0.2, -0.15) is 0 Å². The number of benzene rings is 2. The lowest BCUT2D eigenvalue weighted by atomic mass is 9.86. The van der Waals surface area contributed by atoms with Gasteiger partial charge >= 0.3 is 0 Å². The van der Waals surface area contributed by atoms with Gasteiger partial charge in [0.2, 0.25) is 5.91 Å². The summed E-state index contributed by atoms with van der Waals surface area (Å²) in [6.07, 6.45) is 1.27. The van der Waals surface area contributed by atoms with E-state index in [1.54, 1.807) is 17.0 Å². The van der Waals surface area contributed by atoms with Gasteiger partial charge in [0.15, 0.2) is 6.61 Å². The molecular formula is C27H36Cl2N2O3. The van der Waals surface area contributed by atoms with Crippen LogP contribution < -0.4 is 10.1 Å². The molecule has 5 nitrogen and oxygen atoms in total. The number of carbonyl (C=O) groups is 2. The van der Waals surface area contributed by atoms with E-state index in [1.165, 1.54) is 0 Å². The molecule has 0 bridgehead atoms. The van der Waals surface area contributed by atoms with Crippen LogP contribution in [-0.4, -0.2) is 35.4 Å². The molecule has 34 heavy (non-hydrogen) atoms. The van der Waals surface area contributed by atoms with Gasteiger partial charge in [0.1, 0.15) is 11.8 Å². The maximum Gasteiger partial charge on any atom is 0.261 e. The molecule has 0 unspecified atom stereocenters. The quantitative estimate of drug-likeness (QED) is 0.405. The lowest BCUT2D eigenvalue weighted by Crippen LogP contribution is -2.51. The largest absolute Gasteiger partial charge is 0.483 e. The zero-order valence-corrected chi connectivity index (χ0v) is 22.5. The molecule has 2 rings (SSSR count). The Morgan fingerprint density at radius 2 is 1.71 bits per heavy atom. The maximum atomic E-state index is 13.5. The highest BCUT2D eigenvalue weighted by Gasteiger charge is 2.30. The summed E-state index contributed by atoms with van der Waals surface area (Å²) in [5, 5.41) is 3.84. The minimum absolute atomic E-state index is 0.0124. The summed E-state index contributed by atoms with van der Waals surface area (Å²) in [5.74, 6) is 0.205. The highest BCUT2D eigenvalue weighted by atomic mass is 35.5. The van der Waals surface area contributed by atoms with Crippen molar-refractivity contribution >= 4 is 35.0 Å². The van der Waals surface area contributed by atoms with Gasteiger partial charge in [-0.1, -0.05) is 82.1 Å². The summed E-state index contributed by atoms with van der Waals surface area (Å²) in [6, 6.07) is 12.3. The number of hydrogen-bond donors (Lipinski definition) is 1. The number of carbonyl (C=O) groups excluding carboxylic acids is 2. The summed E-state index contributed by atoms with van der Waals surface area (Å²) >= 11 is 12.3. The minimum atomic E-state index is -0.641. The molecule has 0 aromatic heterocycles. The molecule has 0 aliphatic rings. The van der Waals surface area contributed by atoms with Crippen molar-refractivity contribution in [2.75, 3.05) is 6.61 Å². The molecule has 0 aliphatic heterocycles. The highest BCUT2D eigenvalue weighted by molar-refractivity contribution is 6.42. The van der Waals surface area contributed by atoms with Crippen molar-refractivity contribution in [1.29, 1.82) is 0 Å². The Morgan fingerprint density at radius 1 is 1.03 bits per heavy atom. The van der Waals surface area contributed by atoms with E-state index >= 15 is 0 Å². The second kappa shape index (κ2) is 12.5. The number of halogens is 2. The zero-order valence-electron chi connectivity index (χ0n) is 21.0. The monoisotopic (exact) mass is 506 g/mol. The number of nitrogens with zero attached hydrogens (tertiary/aromatic N) is 1. The van der Waals surface area contributed by atoms with Gasteiger partial charge in [0.05, 0.1) is 10.0 Å². The second-order valence-electron chi connectivity index (χ2n) is 9.55. The fourth-order valence-corrected chi connectivity index (χ4v) is 3.95. The summed E-state index contributed by atoms with van der Waals surface area (Å²) in [7, 11) is 0. The fraction of sp³-hybridized carbons (Fsp3) is 0.481. The van der Waals surface area contributed by atoms with E-state index in [9.17, 15) is 9.59 Å². The Hall–Kier alpha value is -2.24. The average Bonchev–Trinajstić information content (AvgIpc) is 2.79. The number of amides is 2. The van der Waals surface area contributed by atoms with Crippen LogP contribution in [0.2, 0.25) is 10.0 Å². The highest BCUT2D eigenvalue weighted by Crippen LogP contribution is 2.31. The van der Waals surface area contributed by atoms with Crippen molar-refractivity contribution in [2.24, 2.45) is 0 Å². The first-order valence-electron chi connectivity index (χ1n) is 11.7. The molecule has 0 heterocycles. The SMILES string of the molecule is CC[C@H](C(=O)N[C@@H](C)CC)N(Cc1ccc(Cl)c(Cl)c1)C(=O)COc1ccccc1C(C)(C)C. The normalized spacial score (nSPS) is 13.2. The number of ether oxygens (including phenoxy) is 1. The van der Waals surface area contributed by atoms with Crippen LogP contribution in [0.15, 0.2) is 42.5 Å². The molecule has 1 N–H and O–H groups in total. The van der Waals surface area contributed by atoms with E-state index in [0.717, 1.165) is 17.5 Å². The van der Waals surface area contributed by atoms with Crippen molar-refractivity contribution < 1.29 is 14.3 Å². The van der Waals surface area contributed by atoms with E-state index in [1.807, 2.05) is 51.1 Å². The summed E-state index contributed by atoms with van der Waals surface area (Å²) in [6.45, 7) is 12.2. The molecule has 0 saturated carbocycles. The topological polar surface area (TPSA) is 58.6 Å². The molecule has 186 valence electrons. The summed E-state index contributed by atoms with van der Waals surface area (Å²) in [5.41, 5.74) is 1.66. The molecule has 0 saturated heterocycles. The van der Waals surface area contributed by atoms with E-state index < -0.39 is 6.04 Å². The predicted molar refractivity (Wildman–Crippen MR) is 140 cm³/mol. The molecular weight excluding hydrogens is 471 g/mol. The number of para-hydroxylation sites is 1. The number of rotatable bonds is 10. The van der Waals surface area contributed by atoms with E-state index in [-0.39, 0.29) is 36.4 Å². The van der Waals surface area contributed by atoms with Gasteiger partial charge < -0.3 is 15.0 Å². The Bertz CT molecular complexity index is 988. The number of nitrogens with one attached hydrogen (secondary N) is 1. The average molecular weight is 508 g/mol. The van der Waals surface area contributed by atoms with Gasteiger partial charge in [0.25, 0.3) is 5.91 Å². The Labute approximate surface area is 213 Å². The van der Waals surface area contributed by atoms with Gasteiger partial charge in [0, 0.05) is 12.6 Å². The lowest BCUT2D eigenvalue weighted by molar-refractivity contribution is -0.143. The first-order chi connectivity index (χ1) is 16.0. The molecule has 0 radical (unpaired) electrons. The molecule has 2 aromatic carbocycles. The summed E-state index contributed by atoms with van der Waals surface area (Å²) in [4.78, 5) is 28.1. The van der Waals surface area contributed by atoms with Crippen molar-refractivity contribution in [3.8, 4) is 5.75 Å². The zero-order chi connectivity index (χ0) is 25.5. The molecule has 2 amide bonds. The third kappa shape index (κ3) is 7.64. The standard InChI is InChI=1S/C27H36Cl2N2O3/c1-7-18(3)30-26(33)23(8-2)31(16-19-13-14-21(28)22(29)15-19)25(32)17-34-24-12-10-9-11-20(24)27(4,5)6/h9-15,18,23H,7-8,16-17H2,1-6H3,(H,30,33)/t18-,23+/m0/s1. The van der Waals surface area contributed by atoms with Crippen LogP contribution in [0.3, 0.4) is 0 Å². The third-order valence-electron chi connectivity index (χ3n) is 5.77. The van der Waals surface area contributed by atoms with E-state index in [4.69, 9.17) is 27.9 Å². The van der Waals surface area contributed by atoms with Crippen molar-refractivity contribution in [2.45, 2.75) is 78.4 Å². The van der Waals surface area contributed by atoms with Crippen LogP contribution in [0.1, 0.15) is 65.5 Å². The van der Waals surface area contributed by atoms with Crippen molar-refractivity contribution in [1.82, 2.24) is 10.2 Å². The first-order valence-corrected chi connectivity index (χ1v) is 12.5. The Balaban J connectivity index is 2.31. The Kier molecular flexibility index (Phi) is 10.3. The molecule has 7 heteroatoms. The van der Waals surface area contributed by atoms with Crippen LogP contribution in [0.25, 0.3) is 0 Å².